The molecule has 3 nitrogen and oxygen atoms in total. The van der Waals surface area contributed by atoms with Gasteiger partial charge in [0.25, 0.3) is 0 Å². The van der Waals surface area contributed by atoms with Crippen LogP contribution in [-0.4, -0.2) is 33.6 Å². The Morgan fingerprint density at radius 3 is 2.15 bits per heavy atom. The van der Waals surface area contributed by atoms with Gasteiger partial charge in [-0.25, -0.2) is 0 Å². The Hall–Kier alpha value is -1.18. The summed E-state index contributed by atoms with van der Waals surface area (Å²) in [5, 5.41) is 1.48. The van der Waals surface area contributed by atoms with Gasteiger partial charge in [0.15, 0.2) is 8.32 Å². The van der Waals surface area contributed by atoms with Crippen molar-refractivity contribution in [2.75, 3.05) is 0 Å². The van der Waals surface area contributed by atoms with E-state index >= 15 is 0 Å². The predicted octanol–water partition coefficient (Wildman–Crippen LogP) is 5.18. The largest absolute Gasteiger partial charge is 0.456 e. The Labute approximate surface area is 167 Å². The van der Waals surface area contributed by atoms with Crippen molar-refractivity contribution in [3.05, 3.63) is 42.1 Å². The maximum absolute atomic E-state index is 11.7. The topological polar surface area (TPSA) is 35.5 Å². The quantitative estimate of drug-likeness (QED) is 0.484. The van der Waals surface area contributed by atoms with E-state index in [-0.39, 0.29) is 11.0 Å². The van der Waals surface area contributed by atoms with E-state index in [2.05, 4.69) is 89.1 Å². The minimum atomic E-state index is -2.02. The van der Waals surface area contributed by atoms with Crippen molar-refractivity contribution in [3.8, 4) is 0 Å². The number of benzene rings is 1. The van der Waals surface area contributed by atoms with Crippen LogP contribution in [0, 0.1) is 0 Å². The van der Waals surface area contributed by atoms with Crippen molar-refractivity contribution in [1.29, 1.82) is 0 Å². The van der Waals surface area contributed by atoms with Gasteiger partial charge in [0.1, 0.15) is 19.3 Å². The Morgan fingerprint density at radius 2 is 1.67 bits per heavy atom. The molecule has 1 aliphatic rings. The second-order valence-electron chi connectivity index (χ2n) is 10.2. The number of carbonyl (C=O) groups is 1. The standard InChI is InChI=1S/C22H36O3Si2/c1-18(23)24-21(5)17-22(21,25-27(8,9)20(2,3)4)15-16-26(6,7)19-13-11-10-12-14-19/h10-16H,17H2,1-9H3/b16-15-/t21-,22-/m1/s1. The van der Waals surface area contributed by atoms with E-state index < -0.39 is 27.6 Å². The Kier molecular flexibility index (Phi) is 5.74. The predicted molar refractivity (Wildman–Crippen MR) is 118 cm³/mol. The molecule has 0 N–H and O–H groups in total. The Bertz CT molecular complexity index is 719. The molecule has 1 saturated carbocycles. The second-order valence-corrected chi connectivity index (χ2v) is 19.3. The van der Waals surface area contributed by atoms with E-state index in [1.165, 1.54) is 12.1 Å². The molecular weight excluding hydrogens is 368 g/mol. The molecule has 5 heteroatoms. The molecule has 2 rings (SSSR count). The van der Waals surface area contributed by atoms with Crippen molar-refractivity contribution < 1.29 is 14.0 Å². The van der Waals surface area contributed by atoms with Gasteiger partial charge in [-0.2, -0.15) is 0 Å². The van der Waals surface area contributed by atoms with Crippen molar-refractivity contribution in [1.82, 2.24) is 0 Å². The molecule has 1 aromatic rings. The lowest BCUT2D eigenvalue weighted by atomic mass is 10.2. The number of hydrogen-bond donors (Lipinski definition) is 0. The van der Waals surface area contributed by atoms with Crippen LogP contribution in [-0.2, 0) is 14.0 Å². The van der Waals surface area contributed by atoms with Gasteiger partial charge >= 0.3 is 5.97 Å². The van der Waals surface area contributed by atoms with E-state index in [1.807, 2.05) is 6.92 Å². The molecule has 1 aliphatic carbocycles. The van der Waals surface area contributed by atoms with Crippen LogP contribution < -0.4 is 5.19 Å². The van der Waals surface area contributed by atoms with E-state index in [4.69, 9.17) is 9.16 Å². The smallest absolute Gasteiger partial charge is 0.303 e. The molecule has 0 amide bonds. The summed E-state index contributed by atoms with van der Waals surface area (Å²) in [7, 11) is -3.78. The van der Waals surface area contributed by atoms with Gasteiger partial charge in [-0.1, -0.05) is 81.2 Å². The molecule has 1 fully saturated rings. The van der Waals surface area contributed by atoms with E-state index in [0.717, 1.165) is 6.42 Å². The SMILES string of the molecule is CC(=O)O[C@]1(C)C[C@@]1(/C=C\[Si](C)(C)c1ccccc1)O[Si](C)(C)C(C)(C)C. The molecule has 0 aliphatic heterocycles. The Morgan fingerprint density at radius 1 is 1.11 bits per heavy atom. The van der Waals surface area contributed by atoms with Crippen molar-refractivity contribution >= 4 is 27.5 Å². The van der Waals surface area contributed by atoms with E-state index in [9.17, 15) is 4.79 Å². The molecule has 1 aromatic carbocycles. The zero-order valence-corrected chi connectivity index (χ0v) is 20.5. The lowest BCUT2D eigenvalue weighted by Crippen LogP contribution is -2.47. The van der Waals surface area contributed by atoms with Crippen LogP contribution >= 0.6 is 0 Å². The van der Waals surface area contributed by atoms with Crippen LogP contribution in [0.1, 0.15) is 41.0 Å². The van der Waals surface area contributed by atoms with Crippen molar-refractivity contribution in [2.24, 2.45) is 0 Å². The summed E-state index contributed by atoms with van der Waals surface area (Å²) in [5.74, 6) is -0.244. The summed E-state index contributed by atoms with van der Waals surface area (Å²) in [4.78, 5) is 11.7. The molecule has 0 saturated heterocycles. The minimum absolute atomic E-state index is 0.0972. The lowest BCUT2D eigenvalue weighted by molar-refractivity contribution is -0.150. The van der Waals surface area contributed by atoms with Crippen LogP contribution in [0.15, 0.2) is 42.1 Å². The van der Waals surface area contributed by atoms with Crippen LogP contribution in [0.5, 0.6) is 0 Å². The molecule has 0 bridgehead atoms. The van der Waals surface area contributed by atoms with Gasteiger partial charge < -0.3 is 9.16 Å². The highest BCUT2D eigenvalue weighted by atomic mass is 28.4. The summed E-state index contributed by atoms with van der Waals surface area (Å²) in [6, 6.07) is 10.7. The number of esters is 1. The Balaban J connectivity index is 2.37. The van der Waals surface area contributed by atoms with Gasteiger partial charge in [0, 0.05) is 13.3 Å². The molecule has 0 spiro atoms. The van der Waals surface area contributed by atoms with Gasteiger partial charge in [-0.15, -0.1) is 0 Å². The van der Waals surface area contributed by atoms with Crippen LogP contribution in [0.25, 0.3) is 0 Å². The number of ether oxygens (including phenoxy) is 1. The summed E-state index contributed by atoms with van der Waals surface area (Å²) < 4.78 is 12.6. The van der Waals surface area contributed by atoms with Gasteiger partial charge in [0.2, 0.25) is 0 Å². The maximum Gasteiger partial charge on any atom is 0.303 e. The summed E-state index contributed by atoms with van der Waals surface area (Å²) in [5.41, 5.74) is 1.26. The summed E-state index contributed by atoms with van der Waals surface area (Å²) in [6.45, 7) is 19.4. The first-order valence-corrected chi connectivity index (χ1v) is 15.8. The normalized spacial score (nSPS) is 26.3. The van der Waals surface area contributed by atoms with Crippen molar-refractivity contribution in [3.63, 3.8) is 0 Å². The molecule has 150 valence electrons. The zero-order valence-electron chi connectivity index (χ0n) is 18.5. The van der Waals surface area contributed by atoms with E-state index in [1.54, 1.807) is 0 Å². The number of carbonyl (C=O) groups excluding carboxylic acids is 1. The van der Waals surface area contributed by atoms with Gasteiger partial charge in [-0.05, 0) is 25.1 Å². The monoisotopic (exact) mass is 404 g/mol. The molecule has 27 heavy (non-hydrogen) atoms. The fourth-order valence-electron chi connectivity index (χ4n) is 3.23. The second kappa shape index (κ2) is 7.01. The average molecular weight is 405 g/mol. The third-order valence-corrected chi connectivity index (χ3v) is 13.6. The van der Waals surface area contributed by atoms with Crippen LogP contribution in [0.4, 0.5) is 0 Å². The van der Waals surface area contributed by atoms with Gasteiger partial charge in [-0.3, -0.25) is 4.79 Å². The average Bonchev–Trinajstić information content (AvgIpc) is 3.06. The highest BCUT2D eigenvalue weighted by Crippen LogP contribution is 2.58. The molecular formula is C22H36O3Si2. The van der Waals surface area contributed by atoms with Crippen LogP contribution in [0.3, 0.4) is 0 Å². The highest BCUT2D eigenvalue weighted by molar-refractivity contribution is 6.94. The van der Waals surface area contributed by atoms with Gasteiger partial charge in [0.05, 0.1) is 0 Å². The van der Waals surface area contributed by atoms with Crippen LogP contribution in [0.2, 0.25) is 31.2 Å². The molecule has 0 unspecified atom stereocenters. The maximum atomic E-state index is 11.7. The minimum Gasteiger partial charge on any atom is -0.456 e. The molecule has 2 atom stereocenters. The number of hydrogen-bond acceptors (Lipinski definition) is 3. The van der Waals surface area contributed by atoms with Crippen molar-refractivity contribution in [2.45, 2.75) is 83.5 Å². The van der Waals surface area contributed by atoms with E-state index in [0.29, 0.717) is 0 Å². The summed E-state index contributed by atoms with van der Waals surface area (Å²) >= 11 is 0. The first-order valence-electron chi connectivity index (χ1n) is 9.80. The molecule has 0 aromatic heterocycles. The number of rotatable bonds is 6. The third kappa shape index (κ3) is 4.63. The third-order valence-electron chi connectivity index (χ3n) is 6.27. The molecule has 0 heterocycles. The fourth-order valence-corrected chi connectivity index (χ4v) is 6.73. The summed E-state index contributed by atoms with van der Waals surface area (Å²) in [6.07, 6.45) is 2.94. The fraction of sp³-hybridized carbons (Fsp3) is 0.591. The first kappa shape index (κ1) is 22.1. The first-order chi connectivity index (χ1) is 12.1. The zero-order chi connectivity index (χ0) is 20.7. The molecule has 0 radical (unpaired) electrons. The lowest BCUT2D eigenvalue weighted by Gasteiger charge is -2.40. The highest BCUT2D eigenvalue weighted by Gasteiger charge is 2.69.